The van der Waals surface area contributed by atoms with E-state index in [0.29, 0.717) is 34.2 Å². The molecule has 1 unspecified atom stereocenters. The van der Waals surface area contributed by atoms with Gasteiger partial charge in [0.2, 0.25) is 17.6 Å². The van der Waals surface area contributed by atoms with Gasteiger partial charge >= 0.3 is 0 Å². The van der Waals surface area contributed by atoms with Gasteiger partial charge < -0.3 is 24.8 Å². The number of hydrogen-bond acceptors (Lipinski definition) is 7. The number of carbonyl (C=O) groups is 2. The van der Waals surface area contributed by atoms with Crippen LogP contribution in [0.25, 0.3) is 6.08 Å². The molecule has 1 aromatic heterocycles. The Labute approximate surface area is 191 Å². The summed E-state index contributed by atoms with van der Waals surface area (Å²) in [6, 6.07) is 9.76. The van der Waals surface area contributed by atoms with E-state index in [1.54, 1.807) is 49.4 Å². The molecule has 2 aromatic carbocycles. The van der Waals surface area contributed by atoms with Crippen LogP contribution in [0.2, 0.25) is 0 Å². The van der Waals surface area contributed by atoms with Gasteiger partial charge in [0.15, 0.2) is 11.5 Å². The summed E-state index contributed by atoms with van der Waals surface area (Å²) < 4.78 is 17.4. The molecule has 0 aliphatic rings. The predicted octanol–water partition coefficient (Wildman–Crippen LogP) is 3.16. The minimum absolute atomic E-state index is 0.231. The van der Waals surface area contributed by atoms with Crippen LogP contribution >= 0.6 is 0 Å². The monoisotopic (exact) mass is 451 g/mol. The molecule has 33 heavy (non-hydrogen) atoms. The van der Waals surface area contributed by atoms with Gasteiger partial charge in [0.05, 0.1) is 21.3 Å². The summed E-state index contributed by atoms with van der Waals surface area (Å²) in [6.07, 6.45) is 5.89. The number of anilines is 2. The van der Waals surface area contributed by atoms with Crippen LogP contribution in [0, 0.1) is 0 Å². The zero-order valence-corrected chi connectivity index (χ0v) is 18.7. The lowest BCUT2D eigenvalue weighted by Gasteiger charge is -2.13. The molecule has 0 radical (unpaired) electrons. The molecule has 2 N–H and O–H groups in total. The fourth-order valence-electron chi connectivity index (χ4n) is 2.97. The van der Waals surface area contributed by atoms with E-state index in [2.05, 4.69) is 20.7 Å². The summed E-state index contributed by atoms with van der Waals surface area (Å²) in [4.78, 5) is 28.5. The van der Waals surface area contributed by atoms with Crippen LogP contribution in [-0.2, 0) is 9.59 Å². The lowest BCUT2D eigenvalue weighted by Crippen LogP contribution is -2.24. The van der Waals surface area contributed by atoms with Gasteiger partial charge in [-0.2, -0.15) is 5.10 Å². The molecule has 0 spiro atoms. The Morgan fingerprint density at radius 1 is 0.970 bits per heavy atom. The molecule has 0 saturated heterocycles. The van der Waals surface area contributed by atoms with Crippen LogP contribution < -0.4 is 24.8 Å². The molecule has 1 atom stereocenters. The van der Waals surface area contributed by atoms with Crippen molar-refractivity contribution in [3.63, 3.8) is 0 Å². The van der Waals surface area contributed by atoms with Crippen LogP contribution in [0.3, 0.4) is 0 Å². The van der Waals surface area contributed by atoms with E-state index in [1.165, 1.54) is 44.7 Å². The van der Waals surface area contributed by atoms with Gasteiger partial charge in [-0.3, -0.25) is 9.59 Å². The molecule has 0 saturated carbocycles. The van der Waals surface area contributed by atoms with Crippen molar-refractivity contribution in [1.82, 2.24) is 14.8 Å². The van der Waals surface area contributed by atoms with Crippen molar-refractivity contribution in [3.05, 3.63) is 60.7 Å². The van der Waals surface area contributed by atoms with Gasteiger partial charge in [-0.05, 0) is 55.0 Å². The fourth-order valence-corrected chi connectivity index (χ4v) is 2.97. The van der Waals surface area contributed by atoms with E-state index in [0.717, 1.165) is 0 Å². The van der Waals surface area contributed by atoms with Crippen LogP contribution in [0.5, 0.6) is 17.2 Å². The van der Waals surface area contributed by atoms with E-state index in [1.807, 2.05) is 0 Å². The molecular formula is C23H25N5O5. The van der Waals surface area contributed by atoms with Crippen molar-refractivity contribution in [1.29, 1.82) is 0 Å². The smallest absolute Gasteiger partial charge is 0.249 e. The van der Waals surface area contributed by atoms with Crippen LogP contribution in [0.1, 0.15) is 18.5 Å². The van der Waals surface area contributed by atoms with Crippen molar-refractivity contribution >= 4 is 29.3 Å². The standard InChI is InChI=1S/C23H25N5O5/c1-15(28-14-24-13-25-28)23(30)27-18-8-6-17(7-9-18)26-21(29)10-5-16-11-19(31-2)22(33-4)20(12-16)32-3/h5-15H,1-4H3,(H,26,29)(H,27,30)/b10-5+. The molecule has 172 valence electrons. The number of hydrogen-bond donors (Lipinski definition) is 2. The summed E-state index contributed by atoms with van der Waals surface area (Å²) in [7, 11) is 4.58. The third kappa shape index (κ3) is 5.88. The number of ether oxygens (including phenoxy) is 3. The zero-order valence-electron chi connectivity index (χ0n) is 18.7. The summed E-state index contributed by atoms with van der Waals surface area (Å²) in [6.45, 7) is 1.72. The summed E-state index contributed by atoms with van der Waals surface area (Å²) in [5.41, 5.74) is 1.88. The second-order valence-corrected chi connectivity index (χ2v) is 6.90. The third-order valence-electron chi connectivity index (χ3n) is 4.75. The second-order valence-electron chi connectivity index (χ2n) is 6.90. The summed E-state index contributed by atoms with van der Waals surface area (Å²) in [5.74, 6) is 0.913. The SMILES string of the molecule is COc1cc(/C=C/C(=O)Nc2ccc(NC(=O)C(C)n3cncn3)cc2)cc(OC)c1OC. The van der Waals surface area contributed by atoms with Gasteiger partial charge in [0.25, 0.3) is 0 Å². The zero-order chi connectivity index (χ0) is 23.8. The Kier molecular flexibility index (Phi) is 7.64. The second kappa shape index (κ2) is 10.8. The molecular weight excluding hydrogens is 426 g/mol. The highest BCUT2D eigenvalue weighted by atomic mass is 16.5. The van der Waals surface area contributed by atoms with Crippen molar-refractivity contribution in [2.75, 3.05) is 32.0 Å². The Morgan fingerprint density at radius 2 is 1.58 bits per heavy atom. The largest absolute Gasteiger partial charge is 0.493 e. The summed E-state index contributed by atoms with van der Waals surface area (Å²) >= 11 is 0. The highest BCUT2D eigenvalue weighted by Gasteiger charge is 2.15. The summed E-state index contributed by atoms with van der Waals surface area (Å²) in [5, 5.41) is 9.53. The highest BCUT2D eigenvalue weighted by molar-refractivity contribution is 6.02. The Bertz CT molecular complexity index is 1100. The molecule has 3 aromatic rings. The third-order valence-corrected chi connectivity index (χ3v) is 4.75. The van der Waals surface area contributed by atoms with Crippen molar-refractivity contribution in [3.8, 4) is 17.2 Å². The predicted molar refractivity (Wildman–Crippen MR) is 124 cm³/mol. The molecule has 0 fully saturated rings. The van der Waals surface area contributed by atoms with Gasteiger partial charge in [-0.25, -0.2) is 9.67 Å². The molecule has 0 bridgehead atoms. The maximum absolute atomic E-state index is 12.3. The molecule has 2 amide bonds. The Hall–Kier alpha value is -4.34. The first-order valence-corrected chi connectivity index (χ1v) is 9.99. The number of rotatable bonds is 9. The Morgan fingerprint density at radius 3 is 2.09 bits per heavy atom. The van der Waals surface area contributed by atoms with Crippen molar-refractivity contribution < 1.29 is 23.8 Å². The van der Waals surface area contributed by atoms with Crippen molar-refractivity contribution in [2.45, 2.75) is 13.0 Å². The van der Waals surface area contributed by atoms with Gasteiger partial charge in [0.1, 0.15) is 18.7 Å². The lowest BCUT2D eigenvalue weighted by molar-refractivity contribution is -0.119. The molecule has 10 nitrogen and oxygen atoms in total. The number of nitrogens with zero attached hydrogens (tertiary/aromatic N) is 3. The van der Waals surface area contributed by atoms with Crippen LogP contribution in [-0.4, -0.2) is 47.9 Å². The van der Waals surface area contributed by atoms with E-state index in [9.17, 15) is 9.59 Å². The lowest BCUT2D eigenvalue weighted by atomic mass is 10.1. The number of aromatic nitrogens is 3. The molecule has 10 heteroatoms. The quantitative estimate of drug-likeness (QED) is 0.480. The minimum atomic E-state index is -0.507. The maximum atomic E-state index is 12.3. The van der Waals surface area contributed by atoms with Gasteiger partial charge in [-0.1, -0.05) is 0 Å². The van der Waals surface area contributed by atoms with E-state index in [-0.39, 0.29) is 11.8 Å². The first-order valence-electron chi connectivity index (χ1n) is 9.99. The van der Waals surface area contributed by atoms with E-state index in [4.69, 9.17) is 14.2 Å². The number of carbonyl (C=O) groups excluding carboxylic acids is 2. The van der Waals surface area contributed by atoms with E-state index >= 15 is 0 Å². The Balaban J connectivity index is 1.61. The highest BCUT2D eigenvalue weighted by Crippen LogP contribution is 2.38. The number of methoxy groups -OCH3 is 3. The topological polar surface area (TPSA) is 117 Å². The average molecular weight is 451 g/mol. The minimum Gasteiger partial charge on any atom is -0.493 e. The van der Waals surface area contributed by atoms with Gasteiger partial charge in [-0.15, -0.1) is 0 Å². The number of nitrogens with one attached hydrogen (secondary N) is 2. The number of amides is 2. The first-order chi connectivity index (χ1) is 15.9. The van der Waals surface area contributed by atoms with Gasteiger partial charge in [0, 0.05) is 17.5 Å². The van der Waals surface area contributed by atoms with Crippen LogP contribution in [0.15, 0.2) is 55.1 Å². The number of benzene rings is 2. The van der Waals surface area contributed by atoms with Crippen LogP contribution in [0.4, 0.5) is 11.4 Å². The normalized spacial score (nSPS) is 11.6. The molecule has 0 aliphatic heterocycles. The fraction of sp³-hybridized carbons (Fsp3) is 0.217. The first kappa shape index (κ1) is 23.3. The van der Waals surface area contributed by atoms with Crippen molar-refractivity contribution in [2.24, 2.45) is 0 Å². The average Bonchev–Trinajstić information content (AvgIpc) is 3.37. The molecule has 3 rings (SSSR count). The molecule has 0 aliphatic carbocycles. The maximum Gasteiger partial charge on any atom is 0.249 e. The van der Waals surface area contributed by atoms with E-state index < -0.39 is 6.04 Å². The molecule has 1 heterocycles.